The highest BCUT2D eigenvalue weighted by Crippen LogP contribution is 2.37. The van der Waals surface area contributed by atoms with Gasteiger partial charge in [0.1, 0.15) is 5.84 Å². The fraction of sp³-hybridized carbons (Fsp3) is 0.278. The van der Waals surface area contributed by atoms with Gasteiger partial charge in [0, 0.05) is 6.54 Å². The molecule has 5 nitrogen and oxygen atoms in total. The van der Waals surface area contributed by atoms with Gasteiger partial charge in [0.15, 0.2) is 0 Å². The highest BCUT2D eigenvalue weighted by molar-refractivity contribution is 7.12. The summed E-state index contributed by atoms with van der Waals surface area (Å²) in [5.41, 5.74) is -2.42. The molecule has 1 aromatic carbocycles. The summed E-state index contributed by atoms with van der Waals surface area (Å²) in [5.74, 6) is -2.37. The van der Waals surface area contributed by atoms with Crippen molar-refractivity contribution >= 4 is 29.0 Å². The molecule has 1 aliphatic heterocycles. The van der Waals surface area contributed by atoms with Crippen LogP contribution in [0.25, 0.3) is 0 Å². The van der Waals surface area contributed by atoms with Crippen molar-refractivity contribution in [2.24, 2.45) is 4.99 Å². The van der Waals surface area contributed by atoms with E-state index in [1.807, 2.05) is 35.6 Å². The Labute approximate surface area is 157 Å². The zero-order chi connectivity index (χ0) is 19.7. The molecule has 27 heavy (non-hydrogen) atoms. The van der Waals surface area contributed by atoms with Gasteiger partial charge in [-0.3, -0.25) is 14.5 Å². The fourth-order valence-electron chi connectivity index (χ4n) is 2.81. The average molecular weight is 395 g/mol. The van der Waals surface area contributed by atoms with Crippen LogP contribution in [0.5, 0.6) is 0 Å². The Morgan fingerprint density at radius 3 is 2.52 bits per heavy atom. The summed E-state index contributed by atoms with van der Waals surface area (Å²) in [6.07, 6.45) is -4.70. The summed E-state index contributed by atoms with van der Waals surface area (Å²) in [4.78, 5) is 29.5. The number of aliphatic imine (C=N–C) groups is 1. The van der Waals surface area contributed by atoms with E-state index in [2.05, 4.69) is 4.99 Å². The minimum atomic E-state index is -5.07. The summed E-state index contributed by atoms with van der Waals surface area (Å²) >= 11 is 0.981. The molecule has 0 radical (unpaired) electrons. The molecule has 1 aliphatic rings. The van der Waals surface area contributed by atoms with Crippen molar-refractivity contribution in [2.45, 2.75) is 25.2 Å². The standard InChI is InChI=1S/C18H16F3N3O2S/c1-12-22-17(18(19,20)21,23-15(25)14-8-5-11-27-14)16(26)24(12)10-9-13-6-3-2-4-7-13/h2-8,11H,9-10H2,1H3,(H,23,25). The van der Waals surface area contributed by atoms with Crippen LogP contribution in [-0.2, 0) is 11.2 Å². The van der Waals surface area contributed by atoms with E-state index in [1.54, 1.807) is 5.38 Å². The third-order valence-electron chi connectivity index (χ3n) is 4.19. The second kappa shape index (κ2) is 7.15. The number of halogens is 3. The molecule has 9 heteroatoms. The zero-order valence-electron chi connectivity index (χ0n) is 14.3. The average Bonchev–Trinajstić information content (AvgIpc) is 3.22. The van der Waals surface area contributed by atoms with Crippen molar-refractivity contribution in [3.05, 3.63) is 58.3 Å². The van der Waals surface area contributed by atoms with Crippen LogP contribution in [-0.4, -0.2) is 40.9 Å². The monoisotopic (exact) mass is 395 g/mol. The largest absolute Gasteiger partial charge is 0.442 e. The van der Waals surface area contributed by atoms with Crippen molar-refractivity contribution in [1.29, 1.82) is 0 Å². The molecule has 142 valence electrons. The quantitative estimate of drug-likeness (QED) is 0.845. The third-order valence-corrected chi connectivity index (χ3v) is 5.06. The lowest BCUT2D eigenvalue weighted by atomic mass is 10.1. The van der Waals surface area contributed by atoms with E-state index >= 15 is 0 Å². The molecule has 1 atom stereocenters. The van der Waals surface area contributed by atoms with Crippen LogP contribution < -0.4 is 5.32 Å². The Kier molecular flexibility index (Phi) is 5.05. The zero-order valence-corrected chi connectivity index (χ0v) is 15.1. The Balaban J connectivity index is 1.84. The number of carbonyl (C=O) groups is 2. The Bertz CT molecular complexity index is 866. The highest BCUT2D eigenvalue weighted by atomic mass is 32.1. The first-order valence-electron chi connectivity index (χ1n) is 8.10. The first-order valence-corrected chi connectivity index (χ1v) is 8.97. The Morgan fingerprint density at radius 2 is 1.93 bits per heavy atom. The van der Waals surface area contributed by atoms with Gasteiger partial charge in [-0.05, 0) is 30.4 Å². The highest BCUT2D eigenvalue weighted by Gasteiger charge is 2.66. The van der Waals surface area contributed by atoms with Gasteiger partial charge in [-0.2, -0.15) is 13.2 Å². The van der Waals surface area contributed by atoms with Crippen molar-refractivity contribution in [3.63, 3.8) is 0 Å². The van der Waals surface area contributed by atoms with Crippen molar-refractivity contribution < 1.29 is 22.8 Å². The minimum absolute atomic E-state index is 0.0326. The molecule has 2 heterocycles. The lowest BCUT2D eigenvalue weighted by molar-refractivity contribution is -0.196. The molecule has 3 rings (SSSR count). The van der Waals surface area contributed by atoms with Crippen LogP contribution in [0.1, 0.15) is 22.2 Å². The first-order chi connectivity index (χ1) is 12.7. The second-order valence-corrected chi connectivity index (χ2v) is 6.94. The van der Waals surface area contributed by atoms with Crippen molar-refractivity contribution in [3.8, 4) is 0 Å². The number of benzene rings is 1. The van der Waals surface area contributed by atoms with E-state index < -0.39 is 23.7 Å². The van der Waals surface area contributed by atoms with Crippen LogP contribution in [0.15, 0.2) is 52.8 Å². The number of nitrogens with zero attached hydrogens (tertiary/aromatic N) is 2. The van der Waals surface area contributed by atoms with E-state index in [9.17, 15) is 22.8 Å². The molecule has 0 spiro atoms. The number of amides is 2. The molecule has 1 aromatic heterocycles. The molecular weight excluding hydrogens is 379 g/mol. The second-order valence-electron chi connectivity index (χ2n) is 5.99. The summed E-state index contributed by atoms with van der Waals surface area (Å²) in [6.45, 7) is 1.36. The number of carbonyl (C=O) groups excluding carboxylic acids is 2. The summed E-state index contributed by atoms with van der Waals surface area (Å²) in [5, 5.41) is 3.37. The molecule has 1 unspecified atom stereocenters. The van der Waals surface area contributed by atoms with Gasteiger partial charge in [0.2, 0.25) is 0 Å². The predicted octanol–water partition coefficient (Wildman–Crippen LogP) is 3.24. The van der Waals surface area contributed by atoms with Gasteiger partial charge >= 0.3 is 11.8 Å². The number of hydrogen-bond acceptors (Lipinski definition) is 4. The maximum absolute atomic E-state index is 13.8. The van der Waals surface area contributed by atoms with Gasteiger partial charge < -0.3 is 5.32 Å². The van der Waals surface area contributed by atoms with E-state index in [0.717, 1.165) is 21.8 Å². The van der Waals surface area contributed by atoms with Crippen LogP contribution in [0.3, 0.4) is 0 Å². The van der Waals surface area contributed by atoms with Gasteiger partial charge in [0.05, 0.1) is 4.88 Å². The summed E-state index contributed by atoms with van der Waals surface area (Å²) in [6, 6.07) is 12.0. The van der Waals surface area contributed by atoms with Crippen LogP contribution >= 0.6 is 11.3 Å². The topological polar surface area (TPSA) is 61.8 Å². The number of amidine groups is 1. The van der Waals surface area contributed by atoms with Crippen LogP contribution in [0.2, 0.25) is 0 Å². The number of thiophene rings is 1. The van der Waals surface area contributed by atoms with Crippen LogP contribution in [0.4, 0.5) is 13.2 Å². The van der Waals surface area contributed by atoms with Gasteiger partial charge in [-0.1, -0.05) is 36.4 Å². The molecule has 0 aliphatic carbocycles. The number of alkyl halides is 3. The summed E-state index contributed by atoms with van der Waals surface area (Å²) in [7, 11) is 0. The minimum Gasteiger partial charge on any atom is -0.311 e. The van der Waals surface area contributed by atoms with Gasteiger partial charge in [-0.25, -0.2) is 4.99 Å². The number of hydrogen-bond donors (Lipinski definition) is 1. The fourth-order valence-corrected chi connectivity index (χ4v) is 3.43. The van der Waals surface area contributed by atoms with E-state index in [0.29, 0.717) is 6.42 Å². The number of rotatable bonds is 5. The molecular formula is C18H16F3N3O2S. The van der Waals surface area contributed by atoms with E-state index in [4.69, 9.17) is 0 Å². The summed E-state index contributed by atoms with van der Waals surface area (Å²) < 4.78 is 41.4. The molecule has 1 N–H and O–H groups in total. The Hall–Kier alpha value is -2.68. The van der Waals surface area contributed by atoms with Crippen LogP contribution in [0, 0.1) is 0 Å². The SMILES string of the molecule is CC1=NC(NC(=O)c2cccs2)(C(F)(F)F)C(=O)N1CCc1ccccc1. The first kappa shape index (κ1) is 19.1. The number of nitrogens with one attached hydrogen (secondary N) is 1. The lowest BCUT2D eigenvalue weighted by Gasteiger charge is -2.29. The van der Waals surface area contributed by atoms with Gasteiger partial charge in [0.25, 0.3) is 11.8 Å². The van der Waals surface area contributed by atoms with Crippen molar-refractivity contribution in [1.82, 2.24) is 10.2 Å². The maximum Gasteiger partial charge on any atom is 0.442 e. The van der Waals surface area contributed by atoms with E-state index in [1.165, 1.54) is 19.1 Å². The van der Waals surface area contributed by atoms with Crippen molar-refractivity contribution in [2.75, 3.05) is 6.54 Å². The molecule has 0 saturated carbocycles. The lowest BCUT2D eigenvalue weighted by Crippen LogP contribution is -2.63. The molecule has 2 amide bonds. The van der Waals surface area contributed by atoms with Gasteiger partial charge in [-0.15, -0.1) is 11.3 Å². The third kappa shape index (κ3) is 3.59. The molecule has 0 saturated heterocycles. The molecule has 0 bridgehead atoms. The smallest absolute Gasteiger partial charge is 0.311 e. The predicted molar refractivity (Wildman–Crippen MR) is 95.5 cm³/mol. The van der Waals surface area contributed by atoms with E-state index in [-0.39, 0.29) is 17.3 Å². The normalized spacial score (nSPS) is 19.9. The Morgan fingerprint density at radius 1 is 1.22 bits per heavy atom. The molecule has 0 fully saturated rings. The molecule has 2 aromatic rings. The maximum atomic E-state index is 13.8.